The van der Waals surface area contributed by atoms with Crippen LogP contribution in [0.15, 0.2) is 36.4 Å². The van der Waals surface area contributed by atoms with Crippen LogP contribution in [0.4, 0.5) is 0 Å². The maximum Gasteiger partial charge on any atom is 0.251 e. The number of nitrogens with zero attached hydrogens (tertiary/aromatic N) is 1. The van der Waals surface area contributed by atoms with Crippen molar-refractivity contribution in [3.63, 3.8) is 0 Å². The van der Waals surface area contributed by atoms with Gasteiger partial charge in [0.2, 0.25) is 5.88 Å². The molecule has 1 aromatic carbocycles. The third kappa shape index (κ3) is 4.10. The number of ether oxygens (including phenoxy) is 2. The van der Waals surface area contributed by atoms with Crippen molar-refractivity contribution in [2.24, 2.45) is 0 Å². The first-order valence-electron chi connectivity index (χ1n) is 6.25. The summed E-state index contributed by atoms with van der Waals surface area (Å²) in [6, 6.07) is 10.5. The molecule has 1 N–H and O–H groups in total. The summed E-state index contributed by atoms with van der Waals surface area (Å²) in [7, 11) is 3.08. The molecule has 110 valence electrons. The average molecular weight is 307 g/mol. The molecule has 1 amide bonds. The normalized spacial score (nSPS) is 10.0. The van der Waals surface area contributed by atoms with Crippen LogP contribution in [0.1, 0.15) is 15.9 Å². The van der Waals surface area contributed by atoms with Crippen molar-refractivity contribution in [3.05, 3.63) is 52.7 Å². The molecule has 0 aliphatic rings. The van der Waals surface area contributed by atoms with E-state index in [1.54, 1.807) is 7.11 Å². The number of benzene rings is 1. The van der Waals surface area contributed by atoms with E-state index in [1.165, 1.54) is 19.2 Å². The van der Waals surface area contributed by atoms with Crippen LogP contribution in [0.2, 0.25) is 5.15 Å². The van der Waals surface area contributed by atoms with E-state index < -0.39 is 0 Å². The molecule has 1 heterocycles. The van der Waals surface area contributed by atoms with Gasteiger partial charge in [-0.05, 0) is 23.8 Å². The number of carbonyl (C=O) groups is 1. The van der Waals surface area contributed by atoms with E-state index in [0.29, 0.717) is 18.0 Å². The Balaban J connectivity index is 2.02. The number of aromatic nitrogens is 1. The molecule has 2 aromatic rings. The van der Waals surface area contributed by atoms with Gasteiger partial charge in [-0.15, -0.1) is 0 Å². The van der Waals surface area contributed by atoms with Crippen molar-refractivity contribution in [3.8, 4) is 11.6 Å². The van der Waals surface area contributed by atoms with Gasteiger partial charge in [-0.3, -0.25) is 4.79 Å². The molecule has 0 fully saturated rings. The van der Waals surface area contributed by atoms with Gasteiger partial charge < -0.3 is 14.8 Å². The van der Waals surface area contributed by atoms with E-state index >= 15 is 0 Å². The van der Waals surface area contributed by atoms with Crippen LogP contribution < -0.4 is 14.8 Å². The summed E-state index contributed by atoms with van der Waals surface area (Å²) in [5.74, 6) is 0.834. The number of hydrogen-bond acceptors (Lipinski definition) is 4. The number of hydrogen-bond donors (Lipinski definition) is 1. The topological polar surface area (TPSA) is 60.5 Å². The second-order valence-electron chi connectivity index (χ2n) is 4.25. The lowest BCUT2D eigenvalue weighted by atomic mass is 10.2. The van der Waals surface area contributed by atoms with Crippen LogP contribution in [0, 0.1) is 0 Å². The van der Waals surface area contributed by atoms with Gasteiger partial charge in [0.05, 0.1) is 14.2 Å². The van der Waals surface area contributed by atoms with E-state index in [0.717, 1.165) is 11.3 Å². The minimum atomic E-state index is -0.242. The van der Waals surface area contributed by atoms with Crippen molar-refractivity contribution in [2.45, 2.75) is 6.54 Å². The molecule has 0 radical (unpaired) electrons. The van der Waals surface area contributed by atoms with E-state index in [-0.39, 0.29) is 11.1 Å². The minimum absolute atomic E-state index is 0.212. The highest BCUT2D eigenvalue weighted by Crippen LogP contribution is 2.16. The van der Waals surface area contributed by atoms with Gasteiger partial charge >= 0.3 is 0 Å². The van der Waals surface area contributed by atoms with Gasteiger partial charge in [0.15, 0.2) is 0 Å². The standard InChI is InChI=1S/C15H15ClN2O3/c1-20-12-5-3-10(4-6-12)9-17-15(19)11-7-13(16)18-14(8-11)21-2/h3-8H,9H2,1-2H3,(H,17,19). The molecular formula is C15H15ClN2O3. The fraction of sp³-hybridized carbons (Fsp3) is 0.200. The fourth-order valence-corrected chi connectivity index (χ4v) is 1.94. The molecule has 1 aromatic heterocycles. The summed E-state index contributed by atoms with van der Waals surface area (Å²) in [5, 5.41) is 3.02. The molecule has 0 bridgehead atoms. The van der Waals surface area contributed by atoms with Crippen molar-refractivity contribution in [1.29, 1.82) is 0 Å². The lowest BCUT2D eigenvalue weighted by Gasteiger charge is -2.08. The Kier molecular flexibility index (Phi) is 5.00. The molecule has 0 aliphatic heterocycles. The van der Waals surface area contributed by atoms with Crippen LogP contribution in [0.5, 0.6) is 11.6 Å². The second kappa shape index (κ2) is 6.95. The Hall–Kier alpha value is -2.27. The van der Waals surface area contributed by atoms with Crippen molar-refractivity contribution < 1.29 is 14.3 Å². The van der Waals surface area contributed by atoms with Gasteiger partial charge in [-0.1, -0.05) is 23.7 Å². The van der Waals surface area contributed by atoms with Gasteiger partial charge in [-0.2, -0.15) is 0 Å². The van der Waals surface area contributed by atoms with E-state index in [9.17, 15) is 4.79 Å². The zero-order chi connectivity index (χ0) is 15.2. The predicted molar refractivity (Wildman–Crippen MR) is 80.0 cm³/mol. The molecule has 0 atom stereocenters. The third-order valence-corrected chi connectivity index (χ3v) is 3.05. The number of rotatable bonds is 5. The number of nitrogens with one attached hydrogen (secondary N) is 1. The van der Waals surface area contributed by atoms with E-state index in [4.69, 9.17) is 21.1 Å². The second-order valence-corrected chi connectivity index (χ2v) is 4.64. The van der Waals surface area contributed by atoms with Crippen LogP contribution in [0.3, 0.4) is 0 Å². The first-order valence-corrected chi connectivity index (χ1v) is 6.63. The molecule has 0 aliphatic carbocycles. The highest BCUT2D eigenvalue weighted by atomic mass is 35.5. The summed E-state index contributed by atoms with van der Waals surface area (Å²) in [4.78, 5) is 16.0. The monoisotopic (exact) mass is 306 g/mol. The molecule has 2 rings (SSSR count). The van der Waals surface area contributed by atoms with E-state index in [2.05, 4.69) is 10.3 Å². The summed E-state index contributed by atoms with van der Waals surface area (Å²) in [6.45, 7) is 0.408. The molecule has 0 spiro atoms. The van der Waals surface area contributed by atoms with Gasteiger partial charge in [0, 0.05) is 18.2 Å². The summed E-state index contributed by atoms with van der Waals surface area (Å²) in [6.07, 6.45) is 0. The zero-order valence-electron chi connectivity index (χ0n) is 11.7. The predicted octanol–water partition coefficient (Wildman–Crippen LogP) is 2.68. The van der Waals surface area contributed by atoms with Crippen molar-refractivity contribution in [2.75, 3.05) is 14.2 Å². The minimum Gasteiger partial charge on any atom is -0.497 e. The molecule has 0 saturated carbocycles. The molecule has 21 heavy (non-hydrogen) atoms. The Morgan fingerprint density at radius 2 is 1.90 bits per heavy atom. The Labute approximate surface area is 127 Å². The molecule has 0 unspecified atom stereocenters. The number of pyridine rings is 1. The first kappa shape index (κ1) is 15.1. The number of methoxy groups -OCH3 is 2. The highest BCUT2D eigenvalue weighted by molar-refractivity contribution is 6.29. The summed E-state index contributed by atoms with van der Waals surface area (Å²) >= 11 is 5.84. The quantitative estimate of drug-likeness (QED) is 0.863. The van der Waals surface area contributed by atoms with Crippen molar-refractivity contribution >= 4 is 17.5 Å². The maximum absolute atomic E-state index is 12.1. The third-order valence-electron chi connectivity index (χ3n) is 2.85. The molecular weight excluding hydrogens is 292 g/mol. The van der Waals surface area contributed by atoms with Crippen LogP contribution in [-0.4, -0.2) is 25.1 Å². The smallest absolute Gasteiger partial charge is 0.251 e. The largest absolute Gasteiger partial charge is 0.497 e. The van der Waals surface area contributed by atoms with Crippen LogP contribution >= 0.6 is 11.6 Å². The highest BCUT2D eigenvalue weighted by Gasteiger charge is 2.09. The van der Waals surface area contributed by atoms with Gasteiger partial charge in [0.1, 0.15) is 10.9 Å². The fourth-order valence-electron chi connectivity index (χ4n) is 1.74. The van der Waals surface area contributed by atoms with Crippen molar-refractivity contribution in [1.82, 2.24) is 10.3 Å². The molecule has 6 heteroatoms. The van der Waals surface area contributed by atoms with Crippen LogP contribution in [0.25, 0.3) is 0 Å². The van der Waals surface area contributed by atoms with E-state index in [1.807, 2.05) is 24.3 Å². The Bertz CT molecular complexity index is 629. The molecule has 0 saturated heterocycles. The molecule has 5 nitrogen and oxygen atoms in total. The number of halogens is 1. The number of amides is 1. The maximum atomic E-state index is 12.1. The van der Waals surface area contributed by atoms with Gasteiger partial charge in [0.25, 0.3) is 5.91 Å². The summed E-state index contributed by atoms with van der Waals surface area (Å²) in [5.41, 5.74) is 1.37. The lowest BCUT2D eigenvalue weighted by molar-refractivity contribution is 0.0950. The summed E-state index contributed by atoms with van der Waals surface area (Å²) < 4.78 is 10.1. The average Bonchev–Trinajstić information content (AvgIpc) is 2.52. The lowest BCUT2D eigenvalue weighted by Crippen LogP contribution is -2.22. The zero-order valence-corrected chi connectivity index (χ0v) is 12.5. The Morgan fingerprint density at radius 1 is 1.19 bits per heavy atom. The van der Waals surface area contributed by atoms with Gasteiger partial charge in [-0.25, -0.2) is 4.98 Å². The first-order chi connectivity index (χ1) is 10.1. The van der Waals surface area contributed by atoms with Crippen LogP contribution in [-0.2, 0) is 6.54 Å². The number of carbonyl (C=O) groups excluding carboxylic acids is 1. The SMILES string of the molecule is COc1ccc(CNC(=O)c2cc(Cl)nc(OC)c2)cc1. The Morgan fingerprint density at radius 3 is 2.52 bits per heavy atom.